The van der Waals surface area contributed by atoms with Crippen LogP contribution in [0.5, 0.6) is 11.5 Å². The fourth-order valence-electron chi connectivity index (χ4n) is 2.44. The van der Waals surface area contributed by atoms with Gasteiger partial charge in [-0.15, -0.1) is 5.10 Å². The van der Waals surface area contributed by atoms with Crippen LogP contribution in [-0.2, 0) is 6.54 Å². The van der Waals surface area contributed by atoms with Crippen molar-refractivity contribution < 1.29 is 14.3 Å². The van der Waals surface area contributed by atoms with Crippen LogP contribution in [-0.4, -0.2) is 40.3 Å². The van der Waals surface area contributed by atoms with E-state index in [2.05, 4.69) is 20.8 Å². The second-order valence-electron chi connectivity index (χ2n) is 5.14. The molecule has 25 heavy (non-hydrogen) atoms. The van der Waals surface area contributed by atoms with E-state index in [9.17, 15) is 4.79 Å². The molecule has 0 saturated heterocycles. The van der Waals surface area contributed by atoms with E-state index < -0.39 is 0 Å². The van der Waals surface area contributed by atoms with Gasteiger partial charge in [0.1, 0.15) is 6.33 Å². The maximum absolute atomic E-state index is 12.4. The molecule has 0 spiro atoms. The van der Waals surface area contributed by atoms with Crippen LogP contribution in [0.1, 0.15) is 15.9 Å². The standard InChI is InChI=1S/C17H17N5O3/c1-24-15-8-4-6-13(16(15)25-2)10-18-17(23)12-5-3-7-14(9-12)22-11-19-20-21-22/h3-9,11H,10H2,1-2H3,(H,18,23). The first-order chi connectivity index (χ1) is 12.2. The zero-order chi connectivity index (χ0) is 17.6. The van der Waals surface area contributed by atoms with Crippen molar-refractivity contribution in [2.24, 2.45) is 0 Å². The van der Waals surface area contributed by atoms with Gasteiger partial charge < -0.3 is 14.8 Å². The van der Waals surface area contributed by atoms with Gasteiger partial charge in [0, 0.05) is 17.7 Å². The minimum atomic E-state index is -0.209. The Hall–Kier alpha value is -3.42. The summed E-state index contributed by atoms with van der Waals surface area (Å²) in [7, 11) is 3.14. The number of methoxy groups -OCH3 is 2. The Balaban J connectivity index is 1.75. The number of hydrogen-bond donors (Lipinski definition) is 1. The first kappa shape index (κ1) is 16.4. The van der Waals surface area contributed by atoms with Crippen LogP contribution < -0.4 is 14.8 Å². The zero-order valence-corrected chi connectivity index (χ0v) is 13.8. The van der Waals surface area contributed by atoms with Gasteiger partial charge in [0.15, 0.2) is 11.5 Å². The maximum Gasteiger partial charge on any atom is 0.251 e. The van der Waals surface area contributed by atoms with E-state index in [4.69, 9.17) is 9.47 Å². The molecular formula is C17H17N5O3. The number of benzene rings is 2. The van der Waals surface area contributed by atoms with Crippen molar-refractivity contribution in [2.75, 3.05) is 14.2 Å². The van der Waals surface area contributed by atoms with Gasteiger partial charge in [-0.3, -0.25) is 4.79 Å². The highest BCUT2D eigenvalue weighted by molar-refractivity contribution is 5.94. The van der Waals surface area contributed by atoms with Gasteiger partial charge in [0.05, 0.1) is 19.9 Å². The number of carbonyl (C=O) groups excluding carboxylic acids is 1. The summed E-state index contributed by atoms with van der Waals surface area (Å²) in [4.78, 5) is 12.4. The number of amides is 1. The number of nitrogens with one attached hydrogen (secondary N) is 1. The highest BCUT2D eigenvalue weighted by atomic mass is 16.5. The van der Waals surface area contributed by atoms with E-state index in [1.807, 2.05) is 18.2 Å². The monoisotopic (exact) mass is 339 g/mol. The molecule has 3 aromatic rings. The minimum Gasteiger partial charge on any atom is -0.493 e. The first-order valence-corrected chi connectivity index (χ1v) is 7.54. The molecule has 1 heterocycles. The van der Waals surface area contributed by atoms with Crippen LogP contribution in [0.2, 0.25) is 0 Å². The third kappa shape index (κ3) is 3.57. The second-order valence-corrected chi connectivity index (χ2v) is 5.14. The van der Waals surface area contributed by atoms with Crippen molar-refractivity contribution in [1.82, 2.24) is 25.5 Å². The third-order valence-corrected chi connectivity index (χ3v) is 3.65. The Morgan fingerprint density at radius 2 is 2.00 bits per heavy atom. The molecule has 0 bridgehead atoms. The number of para-hydroxylation sites is 1. The van der Waals surface area contributed by atoms with E-state index in [0.29, 0.717) is 29.3 Å². The lowest BCUT2D eigenvalue weighted by Crippen LogP contribution is -2.23. The Morgan fingerprint density at radius 1 is 1.16 bits per heavy atom. The third-order valence-electron chi connectivity index (χ3n) is 3.65. The smallest absolute Gasteiger partial charge is 0.251 e. The van der Waals surface area contributed by atoms with Gasteiger partial charge in [-0.2, -0.15) is 0 Å². The van der Waals surface area contributed by atoms with Crippen molar-refractivity contribution >= 4 is 5.91 Å². The predicted octanol–water partition coefficient (Wildman–Crippen LogP) is 1.61. The lowest BCUT2D eigenvalue weighted by Gasteiger charge is -2.13. The van der Waals surface area contributed by atoms with E-state index in [1.165, 1.54) is 11.0 Å². The van der Waals surface area contributed by atoms with Crippen molar-refractivity contribution in [3.05, 3.63) is 59.9 Å². The molecular weight excluding hydrogens is 322 g/mol. The Morgan fingerprint density at radius 3 is 2.72 bits per heavy atom. The summed E-state index contributed by atoms with van der Waals surface area (Å²) in [6.45, 7) is 0.314. The van der Waals surface area contributed by atoms with E-state index in [-0.39, 0.29) is 5.91 Å². The van der Waals surface area contributed by atoms with Gasteiger partial charge in [-0.25, -0.2) is 4.68 Å². The quantitative estimate of drug-likeness (QED) is 0.734. The van der Waals surface area contributed by atoms with Gasteiger partial charge in [0.25, 0.3) is 5.91 Å². The molecule has 0 atom stereocenters. The molecule has 0 radical (unpaired) electrons. The molecule has 0 aliphatic heterocycles. The number of tetrazole rings is 1. The molecule has 2 aromatic carbocycles. The van der Waals surface area contributed by atoms with E-state index in [1.54, 1.807) is 38.5 Å². The van der Waals surface area contributed by atoms with Crippen LogP contribution in [0.4, 0.5) is 0 Å². The summed E-state index contributed by atoms with van der Waals surface area (Å²) >= 11 is 0. The van der Waals surface area contributed by atoms with Gasteiger partial charge in [-0.05, 0) is 34.7 Å². The molecule has 1 N–H and O–H groups in total. The summed E-state index contributed by atoms with van der Waals surface area (Å²) < 4.78 is 12.1. The zero-order valence-electron chi connectivity index (χ0n) is 13.8. The van der Waals surface area contributed by atoms with Crippen molar-refractivity contribution in [2.45, 2.75) is 6.54 Å². The van der Waals surface area contributed by atoms with Gasteiger partial charge in [-0.1, -0.05) is 18.2 Å². The molecule has 0 aliphatic rings. The topological polar surface area (TPSA) is 91.2 Å². The Bertz CT molecular complexity index is 864. The van der Waals surface area contributed by atoms with Crippen LogP contribution >= 0.6 is 0 Å². The average Bonchev–Trinajstić information content (AvgIpc) is 3.20. The van der Waals surface area contributed by atoms with Crippen LogP contribution in [0, 0.1) is 0 Å². The molecule has 0 aliphatic carbocycles. The summed E-state index contributed by atoms with van der Waals surface area (Å²) in [5.74, 6) is 1.02. The van der Waals surface area contributed by atoms with Crippen LogP contribution in [0.15, 0.2) is 48.8 Å². The number of ether oxygens (including phenoxy) is 2. The fourth-order valence-corrected chi connectivity index (χ4v) is 2.44. The average molecular weight is 339 g/mol. The number of nitrogens with zero attached hydrogens (tertiary/aromatic N) is 4. The molecule has 1 amide bonds. The van der Waals surface area contributed by atoms with Crippen LogP contribution in [0.3, 0.4) is 0 Å². The number of hydrogen-bond acceptors (Lipinski definition) is 6. The molecule has 0 fully saturated rings. The molecule has 3 rings (SSSR count). The van der Waals surface area contributed by atoms with Crippen molar-refractivity contribution in [3.63, 3.8) is 0 Å². The molecule has 8 heteroatoms. The molecule has 128 valence electrons. The first-order valence-electron chi connectivity index (χ1n) is 7.54. The van der Waals surface area contributed by atoms with Crippen LogP contribution in [0.25, 0.3) is 5.69 Å². The SMILES string of the molecule is COc1cccc(CNC(=O)c2cccc(-n3cnnn3)c2)c1OC. The fraction of sp³-hybridized carbons (Fsp3) is 0.176. The molecule has 8 nitrogen and oxygen atoms in total. The minimum absolute atomic E-state index is 0.209. The second kappa shape index (κ2) is 7.43. The Kier molecular flexibility index (Phi) is 4.89. The van der Waals surface area contributed by atoms with Crippen molar-refractivity contribution in [1.29, 1.82) is 0 Å². The van der Waals surface area contributed by atoms with Gasteiger partial charge in [0.2, 0.25) is 0 Å². The summed E-state index contributed by atoms with van der Waals surface area (Å²) in [5, 5.41) is 13.9. The lowest BCUT2D eigenvalue weighted by atomic mass is 10.1. The molecule has 1 aromatic heterocycles. The van der Waals surface area contributed by atoms with E-state index >= 15 is 0 Å². The summed E-state index contributed by atoms with van der Waals surface area (Å²) in [6.07, 6.45) is 1.47. The molecule has 0 unspecified atom stereocenters. The van der Waals surface area contributed by atoms with Gasteiger partial charge >= 0.3 is 0 Å². The number of rotatable bonds is 6. The highest BCUT2D eigenvalue weighted by Crippen LogP contribution is 2.30. The maximum atomic E-state index is 12.4. The lowest BCUT2D eigenvalue weighted by molar-refractivity contribution is 0.0950. The predicted molar refractivity (Wildman–Crippen MR) is 89.9 cm³/mol. The highest BCUT2D eigenvalue weighted by Gasteiger charge is 2.12. The summed E-state index contributed by atoms with van der Waals surface area (Å²) in [6, 6.07) is 12.6. The number of aromatic nitrogens is 4. The largest absolute Gasteiger partial charge is 0.493 e. The normalized spacial score (nSPS) is 10.3. The van der Waals surface area contributed by atoms with Crippen molar-refractivity contribution in [3.8, 4) is 17.2 Å². The summed E-state index contributed by atoms with van der Waals surface area (Å²) in [5.41, 5.74) is 2.04. The number of carbonyl (C=O) groups is 1. The Labute approximate surface area is 144 Å². The van der Waals surface area contributed by atoms with E-state index in [0.717, 1.165) is 5.56 Å². The molecule has 0 saturated carbocycles.